The number of aromatic amines is 2. The summed E-state index contributed by atoms with van der Waals surface area (Å²) in [4.78, 5) is 27.8. The third-order valence-corrected chi connectivity index (χ3v) is 5.48. The number of hydrogen-bond acceptors (Lipinski definition) is 4. The molecule has 0 spiro atoms. The molecule has 28 heavy (non-hydrogen) atoms. The van der Waals surface area contributed by atoms with E-state index in [9.17, 15) is 14.0 Å². The standard InChI is InChI=1S/C20H17FN4O3/c1-28-20(27)14-9-25(8-13-17(14)23-24-19(13)26)16-4-2-3-11-12-7-10(21)5-6-15(12)22-18(11)16/h5-9,16,22H,2-4H2,1H3,(H,24,26). The lowest BCUT2D eigenvalue weighted by atomic mass is 9.91. The van der Waals surface area contributed by atoms with E-state index in [-0.39, 0.29) is 23.0 Å². The zero-order chi connectivity index (χ0) is 19.4. The lowest BCUT2D eigenvalue weighted by Crippen LogP contribution is -2.20. The third-order valence-electron chi connectivity index (χ3n) is 5.48. The van der Waals surface area contributed by atoms with Crippen LogP contribution in [0.25, 0.3) is 22.2 Å². The second-order valence-electron chi connectivity index (χ2n) is 7.04. The van der Waals surface area contributed by atoms with Gasteiger partial charge in [0.05, 0.1) is 18.7 Å². The maximum absolute atomic E-state index is 13.8. The summed E-state index contributed by atoms with van der Waals surface area (Å²) < 4.78 is 20.5. The van der Waals surface area contributed by atoms with Crippen LogP contribution in [-0.4, -0.2) is 32.8 Å². The lowest BCUT2D eigenvalue weighted by molar-refractivity contribution is 0.0600. The Morgan fingerprint density at radius 1 is 1.36 bits per heavy atom. The fraction of sp³-hybridized carbons (Fsp3) is 0.250. The van der Waals surface area contributed by atoms with Gasteiger partial charge in [0.15, 0.2) is 0 Å². The largest absolute Gasteiger partial charge is 0.465 e. The van der Waals surface area contributed by atoms with Gasteiger partial charge in [-0.05, 0) is 43.0 Å². The Kier molecular flexibility index (Phi) is 3.61. The van der Waals surface area contributed by atoms with Gasteiger partial charge in [0.2, 0.25) is 0 Å². The predicted molar refractivity (Wildman–Crippen MR) is 100 cm³/mol. The average Bonchev–Trinajstić information content (AvgIpc) is 3.27. The Bertz CT molecular complexity index is 1250. The Hall–Kier alpha value is -3.42. The minimum atomic E-state index is -0.555. The number of pyridine rings is 1. The van der Waals surface area contributed by atoms with Crippen molar-refractivity contribution in [2.45, 2.75) is 25.3 Å². The first-order valence-electron chi connectivity index (χ1n) is 9.05. The molecule has 0 saturated carbocycles. The molecule has 0 amide bonds. The van der Waals surface area contributed by atoms with E-state index in [1.807, 2.05) is 4.57 Å². The molecule has 2 N–H and O–H groups in total. The second-order valence-corrected chi connectivity index (χ2v) is 7.04. The van der Waals surface area contributed by atoms with E-state index in [2.05, 4.69) is 15.2 Å². The molecule has 1 atom stereocenters. The van der Waals surface area contributed by atoms with Gasteiger partial charge in [0.25, 0.3) is 5.56 Å². The van der Waals surface area contributed by atoms with Gasteiger partial charge in [-0.2, -0.15) is 5.10 Å². The summed E-state index contributed by atoms with van der Waals surface area (Å²) in [5.41, 5.74) is 3.42. The Morgan fingerprint density at radius 2 is 2.21 bits per heavy atom. The average molecular weight is 380 g/mol. The molecule has 8 heteroatoms. The van der Waals surface area contributed by atoms with Gasteiger partial charge in [0.1, 0.15) is 17.1 Å². The number of methoxy groups -OCH3 is 1. The van der Waals surface area contributed by atoms with Crippen LogP contribution in [0.5, 0.6) is 0 Å². The van der Waals surface area contributed by atoms with Crippen LogP contribution in [0.15, 0.2) is 35.4 Å². The molecular weight excluding hydrogens is 363 g/mol. The first-order chi connectivity index (χ1) is 13.6. The minimum absolute atomic E-state index is 0.110. The quantitative estimate of drug-likeness (QED) is 0.523. The van der Waals surface area contributed by atoms with Crippen molar-refractivity contribution in [1.82, 2.24) is 19.7 Å². The summed E-state index contributed by atoms with van der Waals surface area (Å²) in [7, 11) is 1.29. The second kappa shape index (κ2) is 6.05. The third kappa shape index (κ3) is 2.37. The van der Waals surface area contributed by atoms with Gasteiger partial charge in [0, 0.05) is 29.0 Å². The number of halogens is 1. The molecule has 0 saturated heterocycles. The molecular formula is C20H17FN4O3. The zero-order valence-corrected chi connectivity index (χ0v) is 15.1. The van der Waals surface area contributed by atoms with Crippen molar-refractivity contribution in [3.8, 4) is 11.3 Å². The van der Waals surface area contributed by atoms with Crippen LogP contribution in [0.3, 0.4) is 0 Å². The molecule has 1 aromatic carbocycles. The number of esters is 1. The van der Waals surface area contributed by atoms with Gasteiger partial charge < -0.3 is 14.3 Å². The lowest BCUT2D eigenvalue weighted by Gasteiger charge is -2.26. The van der Waals surface area contributed by atoms with Crippen LogP contribution in [-0.2, 0) is 11.2 Å². The molecule has 3 heterocycles. The van der Waals surface area contributed by atoms with Crippen LogP contribution >= 0.6 is 0 Å². The summed E-state index contributed by atoms with van der Waals surface area (Å²) in [6, 6.07) is 4.61. The van der Waals surface area contributed by atoms with E-state index in [0.717, 1.165) is 41.4 Å². The van der Waals surface area contributed by atoms with Crippen molar-refractivity contribution in [3.05, 3.63) is 63.6 Å². The Balaban J connectivity index is 1.73. The van der Waals surface area contributed by atoms with Crippen molar-refractivity contribution in [1.29, 1.82) is 0 Å². The first-order valence-corrected chi connectivity index (χ1v) is 9.05. The summed E-state index contributed by atoms with van der Waals surface area (Å²) in [6.07, 6.45) is 5.96. The number of carbonyl (C=O) groups is 1. The molecule has 5 rings (SSSR count). The molecule has 1 unspecified atom stereocenters. The number of H-pyrrole nitrogens is 2. The van der Waals surface area contributed by atoms with E-state index in [4.69, 9.17) is 4.74 Å². The maximum Gasteiger partial charge on any atom is 0.341 e. The van der Waals surface area contributed by atoms with Crippen LogP contribution < -0.4 is 5.56 Å². The molecule has 1 aromatic heterocycles. The molecule has 0 fully saturated rings. The van der Waals surface area contributed by atoms with Gasteiger partial charge in [-0.15, -0.1) is 0 Å². The van der Waals surface area contributed by atoms with E-state index in [0.29, 0.717) is 11.3 Å². The predicted octanol–water partition coefficient (Wildman–Crippen LogP) is 3.01. The molecule has 7 nitrogen and oxygen atoms in total. The van der Waals surface area contributed by atoms with Gasteiger partial charge in [-0.25, -0.2) is 14.3 Å². The summed E-state index contributed by atoms with van der Waals surface area (Å²) in [6.45, 7) is 0. The normalized spacial score (nSPS) is 16.4. The van der Waals surface area contributed by atoms with Crippen molar-refractivity contribution in [2.75, 3.05) is 7.11 Å². The molecule has 1 aliphatic carbocycles. The number of aryl methyl sites for hydroxylation is 1. The number of aromatic nitrogens is 4. The highest BCUT2D eigenvalue weighted by molar-refractivity contribution is 5.96. The molecule has 2 aromatic rings. The van der Waals surface area contributed by atoms with Gasteiger partial charge in [-0.1, -0.05) is 0 Å². The zero-order valence-electron chi connectivity index (χ0n) is 15.1. The van der Waals surface area contributed by atoms with E-state index < -0.39 is 5.97 Å². The monoisotopic (exact) mass is 380 g/mol. The first kappa shape index (κ1) is 16.7. The highest BCUT2D eigenvalue weighted by Crippen LogP contribution is 2.38. The van der Waals surface area contributed by atoms with Crippen molar-refractivity contribution in [2.24, 2.45) is 0 Å². The van der Waals surface area contributed by atoms with Gasteiger partial charge >= 0.3 is 5.97 Å². The number of nitrogens with zero attached hydrogens (tertiary/aromatic N) is 2. The number of rotatable bonds is 2. The minimum Gasteiger partial charge on any atom is -0.465 e. The number of hydrogen-bond donors (Lipinski definition) is 2. The van der Waals surface area contributed by atoms with Gasteiger partial charge in [-0.3, -0.25) is 4.79 Å². The van der Waals surface area contributed by atoms with Crippen LogP contribution in [0, 0.1) is 5.82 Å². The smallest absolute Gasteiger partial charge is 0.341 e. The van der Waals surface area contributed by atoms with Crippen LogP contribution in [0.1, 0.15) is 40.5 Å². The van der Waals surface area contributed by atoms with Crippen LogP contribution in [0.2, 0.25) is 0 Å². The SMILES string of the molecule is COC(=O)c1cn(C2CCCc3c2[nH]c2ccc(F)cc32)cc2c(=O)[nH]nc1-2. The molecule has 0 bridgehead atoms. The van der Waals surface area contributed by atoms with E-state index in [1.165, 1.54) is 13.2 Å². The highest BCUT2D eigenvalue weighted by Gasteiger charge is 2.29. The van der Waals surface area contributed by atoms with Crippen LogP contribution in [0.4, 0.5) is 4.39 Å². The Labute approximate surface area is 158 Å². The molecule has 142 valence electrons. The molecule has 0 radical (unpaired) electrons. The molecule has 2 aliphatic heterocycles. The van der Waals surface area contributed by atoms with Crippen molar-refractivity contribution >= 4 is 16.9 Å². The number of ether oxygens (including phenoxy) is 1. The fourth-order valence-electron chi connectivity index (χ4n) is 4.20. The van der Waals surface area contributed by atoms with E-state index >= 15 is 0 Å². The summed E-state index contributed by atoms with van der Waals surface area (Å²) in [5, 5.41) is 7.24. The fourth-order valence-corrected chi connectivity index (χ4v) is 4.20. The topological polar surface area (TPSA) is 92.8 Å². The number of benzene rings is 1. The summed E-state index contributed by atoms with van der Waals surface area (Å²) in [5.74, 6) is -0.825. The van der Waals surface area contributed by atoms with E-state index in [1.54, 1.807) is 24.5 Å². The highest BCUT2D eigenvalue weighted by atomic mass is 19.1. The van der Waals surface area contributed by atoms with Crippen molar-refractivity contribution < 1.29 is 13.9 Å². The maximum atomic E-state index is 13.8. The number of fused-ring (bicyclic) bond motifs is 4. The number of carbonyl (C=O) groups excluding carboxylic acids is 1. The van der Waals surface area contributed by atoms with Crippen molar-refractivity contribution in [3.63, 3.8) is 0 Å². The molecule has 3 aliphatic rings. The Morgan fingerprint density at radius 3 is 3.04 bits per heavy atom. The summed E-state index contributed by atoms with van der Waals surface area (Å²) >= 11 is 0. The number of nitrogens with one attached hydrogen (secondary N) is 2.